The van der Waals surface area contributed by atoms with E-state index in [1.165, 1.54) is 23.5 Å². The minimum absolute atomic E-state index is 0.00241. The number of hydrogen-bond donors (Lipinski definition) is 1. The third-order valence-corrected chi connectivity index (χ3v) is 6.44. The molecule has 0 amide bonds. The summed E-state index contributed by atoms with van der Waals surface area (Å²) >= 11 is 12.2. The molecule has 1 unspecified atom stereocenters. The maximum Gasteiger partial charge on any atom is 0.244 e. The Bertz CT molecular complexity index is 622. The van der Waals surface area contributed by atoms with Crippen molar-refractivity contribution in [3.8, 4) is 5.75 Å². The zero-order chi connectivity index (χ0) is 15.6. The first kappa shape index (κ1) is 16.8. The first-order valence-electron chi connectivity index (χ1n) is 6.67. The van der Waals surface area contributed by atoms with E-state index in [0.717, 1.165) is 6.42 Å². The van der Waals surface area contributed by atoms with E-state index in [0.29, 0.717) is 25.4 Å². The van der Waals surface area contributed by atoms with Crippen LogP contribution in [-0.2, 0) is 10.0 Å². The second kappa shape index (κ2) is 6.71. The molecule has 1 fully saturated rings. The van der Waals surface area contributed by atoms with Gasteiger partial charge < -0.3 is 10.1 Å². The van der Waals surface area contributed by atoms with Crippen LogP contribution in [0.4, 0.5) is 0 Å². The number of benzene rings is 1. The molecule has 0 saturated carbocycles. The van der Waals surface area contributed by atoms with E-state index in [1.54, 1.807) is 0 Å². The van der Waals surface area contributed by atoms with Crippen LogP contribution >= 0.6 is 23.2 Å². The highest BCUT2D eigenvalue weighted by Crippen LogP contribution is 2.37. The number of halogens is 2. The third kappa shape index (κ3) is 3.29. The molecule has 1 heterocycles. The number of nitrogens with zero attached hydrogens (tertiary/aromatic N) is 1. The number of sulfonamides is 1. The zero-order valence-electron chi connectivity index (χ0n) is 11.9. The summed E-state index contributed by atoms with van der Waals surface area (Å²) in [5.74, 6) is 0.354. The molecule has 8 heteroatoms. The van der Waals surface area contributed by atoms with Crippen molar-refractivity contribution < 1.29 is 13.2 Å². The van der Waals surface area contributed by atoms with E-state index in [-0.39, 0.29) is 21.0 Å². The Morgan fingerprint density at radius 2 is 2.10 bits per heavy atom. The van der Waals surface area contributed by atoms with Crippen LogP contribution in [0, 0.1) is 0 Å². The lowest BCUT2D eigenvalue weighted by molar-refractivity contribution is 0.293. The van der Waals surface area contributed by atoms with Crippen LogP contribution < -0.4 is 10.1 Å². The molecular weight excluding hydrogens is 335 g/mol. The van der Waals surface area contributed by atoms with Gasteiger partial charge in [-0.2, -0.15) is 4.31 Å². The minimum atomic E-state index is -3.66. The van der Waals surface area contributed by atoms with Crippen LogP contribution in [-0.4, -0.2) is 45.5 Å². The second-order valence-electron chi connectivity index (χ2n) is 4.82. The van der Waals surface area contributed by atoms with Gasteiger partial charge >= 0.3 is 0 Å². The molecule has 118 valence electrons. The first-order chi connectivity index (χ1) is 9.91. The van der Waals surface area contributed by atoms with Gasteiger partial charge in [0.05, 0.1) is 12.1 Å². The lowest BCUT2D eigenvalue weighted by Gasteiger charge is -2.32. The number of hydrogen-bond acceptors (Lipinski definition) is 4. The fourth-order valence-corrected chi connectivity index (χ4v) is 4.60. The van der Waals surface area contributed by atoms with E-state index < -0.39 is 10.0 Å². The van der Waals surface area contributed by atoms with Crippen LogP contribution in [0.2, 0.25) is 10.0 Å². The van der Waals surface area contributed by atoms with Gasteiger partial charge in [-0.3, -0.25) is 0 Å². The van der Waals surface area contributed by atoms with Gasteiger partial charge in [0, 0.05) is 25.7 Å². The molecule has 1 saturated heterocycles. The minimum Gasteiger partial charge on any atom is -0.495 e. The Kier molecular flexibility index (Phi) is 5.38. The molecule has 21 heavy (non-hydrogen) atoms. The molecule has 0 radical (unpaired) electrons. The molecule has 1 aliphatic heterocycles. The van der Waals surface area contributed by atoms with E-state index in [2.05, 4.69) is 5.32 Å². The molecule has 5 nitrogen and oxygen atoms in total. The van der Waals surface area contributed by atoms with Crippen molar-refractivity contribution in [3.05, 3.63) is 22.2 Å². The van der Waals surface area contributed by atoms with Crippen LogP contribution in [0.3, 0.4) is 0 Å². The summed E-state index contributed by atoms with van der Waals surface area (Å²) in [5.41, 5.74) is 0. The van der Waals surface area contributed by atoms with E-state index in [1.807, 2.05) is 6.92 Å². The summed E-state index contributed by atoms with van der Waals surface area (Å²) in [6, 6.07) is 3.10. The Labute approximate surface area is 135 Å². The molecule has 0 aliphatic carbocycles. The van der Waals surface area contributed by atoms with Gasteiger partial charge in [-0.25, -0.2) is 8.42 Å². The molecule has 1 aliphatic rings. The van der Waals surface area contributed by atoms with E-state index >= 15 is 0 Å². The predicted molar refractivity (Wildman–Crippen MR) is 83.9 cm³/mol. The molecule has 0 spiro atoms. The first-order valence-corrected chi connectivity index (χ1v) is 8.87. The maximum absolute atomic E-state index is 12.7. The number of ether oxygens (including phenoxy) is 1. The van der Waals surface area contributed by atoms with Gasteiger partial charge in [0.2, 0.25) is 10.0 Å². The van der Waals surface area contributed by atoms with Gasteiger partial charge in [-0.05, 0) is 18.6 Å². The number of rotatable bonds is 4. The van der Waals surface area contributed by atoms with Crippen molar-refractivity contribution >= 4 is 33.2 Å². The van der Waals surface area contributed by atoms with Gasteiger partial charge in [-0.15, -0.1) is 0 Å². The van der Waals surface area contributed by atoms with Crippen molar-refractivity contribution in [2.75, 3.05) is 26.7 Å². The van der Waals surface area contributed by atoms with Crippen LogP contribution in [0.15, 0.2) is 17.0 Å². The summed E-state index contributed by atoms with van der Waals surface area (Å²) in [4.78, 5) is 0.0201. The summed E-state index contributed by atoms with van der Waals surface area (Å²) in [5, 5.41) is 3.40. The molecule has 1 atom stereocenters. The van der Waals surface area contributed by atoms with E-state index in [4.69, 9.17) is 27.9 Å². The Balaban J connectivity index is 2.38. The van der Waals surface area contributed by atoms with Crippen LogP contribution in [0.5, 0.6) is 5.75 Å². The van der Waals surface area contributed by atoms with Gasteiger partial charge in [0.1, 0.15) is 15.7 Å². The molecular formula is C13H18Cl2N2O3S. The highest BCUT2D eigenvalue weighted by molar-refractivity contribution is 7.89. The summed E-state index contributed by atoms with van der Waals surface area (Å²) < 4.78 is 32.0. The van der Waals surface area contributed by atoms with Gasteiger partial charge in [-0.1, -0.05) is 30.1 Å². The maximum atomic E-state index is 12.7. The zero-order valence-corrected chi connectivity index (χ0v) is 14.2. The lowest BCUT2D eigenvalue weighted by Crippen LogP contribution is -2.52. The fraction of sp³-hybridized carbons (Fsp3) is 0.538. The van der Waals surface area contributed by atoms with Crippen molar-refractivity contribution in [2.24, 2.45) is 0 Å². The summed E-state index contributed by atoms with van der Waals surface area (Å²) in [6.07, 6.45) is 0.864. The predicted octanol–water partition coefficient (Wildman–Crippen LogP) is 2.37. The average molecular weight is 353 g/mol. The number of piperazine rings is 1. The standard InChI is InChI=1S/C13H18Cl2N2O3S/c1-3-9-8-17(7-6-16-9)21(18,19)11-5-4-10(20-2)12(14)13(11)15/h4-5,9,16H,3,6-8H2,1-2H3. The second-order valence-corrected chi connectivity index (χ2v) is 7.48. The van der Waals surface area contributed by atoms with Crippen molar-refractivity contribution in [3.63, 3.8) is 0 Å². The topological polar surface area (TPSA) is 58.6 Å². The smallest absolute Gasteiger partial charge is 0.244 e. The molecule has 2 rings (SSSR count). The normalized spacial score (nSPS) is 20.5. The molecule has 1 aromatic carbocycles. The third-order valence-electron chi connectivity index (χ3n) is 3.56. The molecule has 1 aromatic rings. The van der Waals surface area contributed by atoms with E-state index in [9.17, 15) is 8.42 Å². The van der Waals surface area contributed by atoms with Crippen molar-refractivity contribution in [1.82, 2.24) is 9.62 Å². The Hall–Kier alpha value is -0.530. The molecule has 0 bridgehead atoms. The van der Waals surface area contributed by atoms with Crippen LogP contribution in [0.1, 0.15) is 13.3 Å². The molecule has 1 N–H and O–H groups in total. The highest BCUT2D eigenvalue weighted by Gasteiger charge is 2.32. The monoisotopic (exact) mass is 352 g/mol. The summed E-state index contributed by atoms with van der Waals surface area (Å²) in [6.45, 7) is 3.49. The Morgan fingerprint density at radius 1 is 1.38 bits per heavy atom. The lowest BCUT2D eigenvalue weighted by atomic mass is 10.2. The average Bonchev–Trinajstić information content (AvgIpc) is 2.49. The largest absolute Gasteiger partial charge is 0.495 e. The SMILES string of the molecule is CCC1CN(S(=O)(=O)c2ccc(OC)c(Cl)c2Cl)CCN1. The fourth-order valence-electron chi connectivity index (χ4n) is 2.30. The quantitative estimate of drug-likeness (QED) is 0.903. The van der Waals surface area contributed by atoms with Gasteiger partial charge in [0.25, 0.3) is 0 Å². The molecule has 0 aromatic heterocycles. The van der Waals surface area contributed by atoms with Crippen molar-refractivity contribution in [2.45, 2.75) is 24.3 Å². The van der Waals surface area contributed by atoms with Gasteiger partial charge in [0.15, 0.2) is 0 Å². The van der Waals surface area contributed by atoms with Crippen molar-refractivity contribution in [1.29, 1.82) is 0 Å². The number of nitrogens with one attached hydrogen (secondary N) is 1. The summed E-state index contributed by atoms with van der Waals surface area (Å²) in [7, 11) is -2.21. The Morgan fingerprint density at radius 3 is 2.71 bits per heavy atom. The van der Waals surface area contributed by atoms with Crippen LogP contribution in [0.25, 0.3) is 0 Å². The number of methoxy groups -OCH3 is 1. The highest BCUT2D eigenvalue weighted by atomic mass is 35.5.